The third-order valence-corrected chi connectivity index (χ3v) is 11.2. The molecule has 3 rings (SSSR count). The number of rotatable bonds is 13. The second-order valence-electron chi connectivity index (χ2n) is 12.2. The lowest BCUT2D eigenvalue weighted by molar-refractivity contribution is -0.154. The first-order valence-corrected chi connectivity index (χ1v) is 15.6. The highest BCUT2D eigenvalue weighted by Crippen LogP contribution is 2.68. The van der Waals surface area contributed by atoms with Crippen LogP contribution in [-0.4, -0.2) is 84.9 Å². The zero-order valence-electron chi connectivity index (χ0n) is 23.5. The number of thioether (sulfide) groups is 1. The third kappa shape index (κ3) is 5.75. The molecule has 7 nitrogen and oxygen atoms in total. The van der Waals surface area contributed by atoms with Crippen LogP contribution in [0.1, 0.15) is 66.7 Å². The lowest BCUT2D eigenvalue weighted by Gasteiger charge is -2.44. The molecule has 3 saturated heterocycles. The van der Waals surface area contributed by atoms with Crippen molar-refractivity contribution >= 4 is 45.5 Å². The van der Waals surface area contributed by atoms with Gasteiger partial charge in [0.05, 0.1) is 35.8 Å². The smallest absolute Gasteiger partial charge is 0.310 e. The Bertz CT molecular complexity index is 921. The van der Waals surface area contributed by atoms with Gasteiger partial charge in [0.25, 0.3) is 0 Å². The number of allylic oxidation sites excluding steroid dienone is 1. The van der Waals surface area contributed by atoms with Crippen LogP contribution in [0.3, 0.4) is 0 Å². The largest absolute Gasteiger partial charge is 0.465 e. The van der Waals surface area contributed by atoms with Gasteiger partial charge in [-0.3, -0.25) is 14.4 Å². The van der Waals surface area contributed by atoms with Crippen LogP contribution >= 0.6 is 27.7 Å². The van der Waals surface area contributed by atoms with Crippen LogP contribution in [0.2, 0.25) is 0 Å². The molecule has 38 heavy (non-hydrogen) atoms. The Morgan fingerprint density at radius 2 is 1.97 bits per heavy atom. The molecule has 2 amide bonds. The Morgan fingerprint density at radius 3 is 2.53 bits per heavy atom. The van der Waals surface area contributed by atoms with E-state index in [1.165, 1.54) is 0 Å². The first kappa shape index (κ1) is 31.2. The van der Waals surface area contributed by atoms with Gasteiger partial charge in [0.1, 0.15) is 6.04 Å². The molecule has 3 aliphatic rings. The van der Waals surface area contributed by atoms with Gasteiger partial charge < -0.3 is 19.6 Å². The maximum Gasteiger partial charge on any atom is 0.310 e. The van der Waals surface area contributed by atoms with E-state index in [1.54, 1.807) is 27.6 Å². The van der Waals surface area contributed by atoms with Crippen LogP contribution in [0.5, 0.6) is 0 Å². The number of esters is 1. The van der Waals surface area contributed by atoms with Gasteiger partial charge >= 0.3 is 5.97 Å². The minimum Gasteiger partial charge on any atom is -0.465 e. The number of halogens is 1. The molecule has 1 spiro atoms. The summed E-state index contributed by atoms with van der Waals surface area (Å²) in [5, 5.41) is 10.3. The highest BCUT2D eigenvalue weighted by atomic mass is 79.9. The summed E-state index contributed by atoms with van der Waals surface area (Å²) in [4.78, 5) is 45.7. The van der Waals surface area contributed by atoms with Crippen molar-refractivity contribution in [3.63, 3.8) is 0 Å². The van der Waals surface area contributed by atoms with Crippen molar-refractivity contribution in [1.29, 1.82) is 0 Å². The molecule has 0 aliphatic carbocycles. The topological polar surface area (TPSA) is 87.1 Å². The lowest BCUT2D eigenvalue weighted by Crippen LogP contribution is -2.61. The summed E-state index contributed by atoms with van der Waals surface area (Å²) in [6.45, 7) is 18.0. The third-order valence-electron chi connectivity index (χ3n) is 8.02. The Hall–Kier alpha value is -1.32. The van der Waals surface area contributed by atoms with Crippen molar-refractivity contribution in [2.45, 2.75) is 99.2 Å². The van der Waals surface area contributed by atoms with Gasteiger partial charge in [0.15, 0.2) is 0 Å². The molecule has 3 heterocycles. The number of amides is 2. The molecule has 0 aromatic heterocycles. The predicted molar refractivity (Wildman–Crippen MR) is 156 cm³/mol. The number of nitrogens with zero attached hydrogens (tertiary/aromatic N) is 2. The van der Waals surface area contributed by atoms with Gasteiger partial charge in [-0.15, -0.1) is 24.9 Å². The number of carbonyl (C=O) groups excluding carboxylic acids is 3. The summed E-state index contributed by atoms with van der Waals surface area (Å²) < 4.78 is 4.94. The normalized spacial score (nSPS) is 30.9. The fourth-order valence-electron chi connectivity index (χ4n) is 6.46. The number of likely N-dealkylation sites (tertiary alicyclic amines) is 1. The molecule has 7 atom stereocenters. The highest BCUT2D eigenvalue weighted by Gasteiger charge is 2.76. The molecule has 0 aromatic rings. The average molecular weight is 614 g/mol. The molecule has 0 radical (unpaired) electrons. The molecule has 3 aliphatic heterocycles. The summed E-state index contributed by atoms with van der Waals surface area (Å²) in [6.07, 6.45) is 7.20. The van der Waals surface area contributed by atoms with Crippen LogP contribution in [0.4, 0.5) is 0 Å². The molecule has 214 valence electrons. The first-order chi connectivity index (χ1) is 17.8. The van der Waals surface area contributed by atoms with E-state index >= 15 is 0 Å². The van der Waals surface area contributed by atoms with E-state index in [0.29, 0.717) is 26.0 Å². The number of ether oxygens (including phenoxy) is 1. The minimum atomic E-state index is -0.782. The summed E-state index contributed by atoms with van der Waals surface area (Å²) in [7, 11) is 0. The number of aliphatic hydroxyl groups excluding tert-OH is 1. The van der Waals surface area contributed by atoms with Gasteiger partial charge in [0, 0.05) is 22.2 Å². The number of unbranched alkanes of at least 4 members (excludes halogenated alkanes) is 2. The minimum absolute atomic E-state index is 0.0229. The average Bonchev–Trinajstić information content (AvgIpc) is 3.43. The Labute approximate surface area is 240 Å². The Balaban J connectivity index is 2.04. The van der Waals surface area contributed by atoms with Gasteiger partial charge in [-0.25, -0.2) is 0 Å². The van der Waals surface area contributed by atoms with E-state index in [0.717, 1.165) is 19.3 Å². The summed E-state index contributed by atoms with van der Waals surface area (Å²) in [5.41, 5.74) is -0.500. The van der Waals surface area contributed by atoms with E-state index in [2.05, 4.69) is 29.1 Å². The monoisotopic (exact) mass is 612 g/mol. The molecule has 0 saturated carbocycles. The van der Waals surface area contributed by atoms with Crippen molar-refractivity contribution in [3.05, 3.63) is 25.3 Å². The van der Waals surface area contributed by atoms with E-state index < -0.39 is 34.2 Å². The van der Waals surface area contributed by atoms with Gasteiger partial charge in [-0.2, -0.15) is 0 Å². The van der Waals surface area contributed by atoms with Crippen LogP contribution in [0.25, 0.3) is 0 Å². The summed E-state index contributed by atoms with van der Waals surface area (Å²) in [5.74, 6) is -1.80. The molecule has 9 heteroatoms. The van der Waals surface area contributed by atoms with Crippen molar-refractivity contribution in [1.82, 2.24) is 9.80 Å². The maximum absolute atomic E-state index is 14.5. The molecular weight excluding hydrogens is 568 g/mol. The van der Waals surface area contributed by atoms with E-state index in [1.807, 2.05) is 40.7 Å². The fourth-order valence-corrected chi connectivity index (χ4v) is 10.0. The zero-order valence-corrected chi connectivity index (χ0v) is 25.9. The second-order valence-corrected chi connectivity index (χ2v) is 15.0. The van der Waals surface area contributed by atoms with Gasteiger partial charge in [0.2, 0.25) is 11.8 Å². The molecule has 2 bridgehead atoms. The van der Waals surface area contributed by atoms with Crippen molar-refractivity contribution in [2.75, 3.05) is 19.8 Å². The second kappa shape index (κ2) is 12.5. The van der Waals surface area contributed by atoms with Crippen molar-refractivity contribution in [2.24, 2.45) is 17.8 Å². The number of fused-ring (bicyclic) bond motifs is 1. The van der Waals surface area contributed by atoms with Crippen molar-refractivity contribution in [3.8, 4) is 0 Å². The first-order valence-electron chi connectivity index (χ1n) is 13.8. The molecule has 3 fully saturated rings. The van der Waals surface area contributed by atoms with Crippen LogP contribution < -0.4 is 0 Å². The predicted octanol–water partition coefficient (Wildman–Crippen LogP) is 4.57. The summed E-state index contributed by atoms with van der Waals surface area (Å²) >= 11 is 5.40. The number of hydrogen-bond donors (Lipinski definition) is 1. The highest BCUT2D eigenvalue weighted by molar-refractivity contribution is 9.09. The van der Waals surface area contributed by atoms with Gasteiger partial charge in [-0.1, -0.05) is 41.9 Å². The molecule has 0 aromatic carbocycles. The van der Waals surface area contributed by atoms with E-state index in [-0.39, 0.29) is 40.4 Å². The zero-order chi connectivity index (χ0) is 28.4. The molecular formula is C29H45BrN2O5S. The molecule has 1 N–H and O–H groups in total. The quantitative estimate of drug-likeness (QED) is 0.142. The SMILES string of the molecule is C=CCCCCOC(=O)[C@H]1[C@H]2C(=O)N([C@@H](CO)CC(C)C)C(C(=O)N(CC=C)C(C)(C)C)C23CC(Br)[C@@H]1S3. The lowest BCUT2D eigenvalue weighted by atomic mass is 9.71. The van der Waals surface area contributed by atoms with Crippen LogP contribution in [0.15, 0.2) is 25.3 Å². The van der Waals surface area contributed by atoms with Crippen molar-refractivity contribution < 1.29 is 24.2 Å². The number of alkyl halides is 1. The standard InChI is InChI=1S/C29H45BrN2O5S/c1-8-10-11-12-14-37-27(36)21-22-25(34)32(19(17-33)15-18(3)4)24(29(22)16-20(30)23(21)38-29)26(35)31(13-9-2)28(5,6)7/h8-9,18-24,33H,1-2,10-17H2,3-7H3/t19-,20?,21+,22+,23+,24?,29?/m1/s1. The number of carbonyl (C=O) groups is 3. The van der Waals surface area contributed by atoms with E-state index in [9.17, 15) is 19.5 Å². The van der Waals surface area contributed by atoms with Gasteiger partial charge in [-0.05, 0) is 58.8 Å². The number of aliphatic hydroxyl groups is 1. The molecule has 3 unspecified atom stereocenters. The number of hydrogen-bond acceptors (Lipinski definition) is 6. The Kier molecular flexibility index (Phi) is 10.2. The summed E-state index contributed by atoms with van der Waals surface area (Å²) in [6, 6.07) is -1.29. The Morgan fingerprint density at radius 1 is 1.29 bits per heavy atom. The maximum atomic E-state index is 14.5. The van der Waals surface area contributed by atoms with Crippen LogP contribution in [0, 0.1) is 17.8 Å². The van der Waals surface area contributed by atoms with E-state index in [4.69, 9.17) is 4.74 Å². The van der Waals surface area contributed by atoms with Crippen LogP contribution in [-0.2, 0) is 19.1 Å². The fraction of sp³-hybridized carbons (Fsp3) is 0.759.